The predicted octanol–water partition coefficient (Wildman–Crippen LogP) is 4.79. The molecule has 0 aliphatic rings. The number of nitrogens with zero attached hydrogens (tertiary/aromatic N) is 3. The molecule has 32 heavy (non-hydrogen) atoms. The number of aryl methyl sites for hydroxylation is 1. The third-order valence-electron chi connectivity index (χ3n) is 5.03. The highest BCUT2D eigenvalue weighted by Crippen LogP contribution is 2.28. The van der Waals surface area contributed by atoms with Crippen molar-refractivity contribution in [3.05, 3.63) is 102 Å². The number of ether oxygens (including phenoxy) is 2. The average Bonchev–Trinajstić information content (AvgIpc) is 3.23. The summed E-state index contributed by atoms with van der Waals surface area (Å²) in [6.07, 6.45) is 1.36. The highest BCUT2D eigenvalue weighted by Gasteiger charge is 2.22. The van der Waals surface area contributed by atoms with Gasteiger partial charge < -0.3 is 14.6 Å². The number of hydrogen-bond acceptors (Lipinski definition) is 5. The summed E-state index contributed by atoms with van der Waals surface area (Å²) < 4.78 is 13.3. The van der Waals surface area contributed by atoms with Crippen LogP contribution in [0.1, 0.15) is 29.3 Å². The van der Waals surface area contributed by atoms with Gasteiger partial charge in [-0.25, -0.2) is 4.98 Å². The minimum absolute atomic E-state index is 0.0653. The number of carboxylic acid groups (broad SMARTS) is 1. The van der Waals surface area contributed by atoms with Gasteiger partial charge in [-0.2, -0.15) is 5.10 Å². The fourth-order valence-corrected chi connectivity index (χ4v) is 3.39. The molecule has 7 nitrogen and oxygen atoms in total. The summed E-state index contributed by atoms with van der Waals surface area (Å²) in [5.74, 6) is 1.59. The quantitative estimate of drug-likeness (QED) is 0.412. The first-order chi connectivity index (χ1) is 15.6. The lowest BCUT2D eigenvalue weighted by atomic mass is 9.95. The van der Waals surface area contributed by atoms with Crippen LogP contribution < -0.4 is 9.47 Å². The van der Waals surface area contributed by atoms with E-state index in [1.807, 2.05) is 78.9 Å². The van der Waals surface area contributed by atoms with Crippen molar-refractivity contribution in [3.8, 4) is 17.2 Å². The second kappa shape index (κ2) is 9.78. The fraction of sp³-hybridized carbons (Fsp3) is 0.160. The maximum absolute atomic E-state index is 11.4. The van der Waals surface area contributed by atoms with Crippen LogP contribution in [0.2, 0.25) is 0 Å². The van der Waals surface area contributed by atoms with Crippen molar-refractivity contribution in [1.29, 1.82) is 0 Å². The molecule has 0 aliphatic heterocycles. The second-order valence-electron chi connectivity index (χ2n) is 7.31. The van der Waals surface area contributed by atoms with E-state index < -0.39 is 5.97 Å². The van der Waals surface area contributed by atoms with Crippen LogP contribution in [0.4, 0.5) is 0 Å². The first-order valence-corrected chi connectivity index (χ1v) is 10.2. The van der Waals surface area contributed by atoms with Crippen LogP contribution in [0.15, 0.2) is 85.2 Å². The molecule has 4 rings (SSSR count). The summed E-state index contributed by atoms with van der Waals surface area (Å²) in [7, 11) is 1.75. The van der Waals surface area contributed by atoms with E-state index in [4.69, 9.17) is 9.47 Å². The molecular formula is C25H23N3O4. The summed E-state index contributed by atoms with van der Waals surface area (Å²) in [4.78, 5) is 15.6. The molecule has 0 aliphatic carbocycles. The number of carbonyl (C=O) groups is 1. The molecule has 0 bridgehead atoms. The Balaban J connectivity index is 1.38. The van der Waals surface area contributed by atoms with E-state index in [1.165, 1.54) is 6.33 Å². The molecule has 0 unspecified atom stereocenters. The molecule has 0 amide bonds. The fourth-order valence-electron chi connectivity index (χ4n) is 3.39. The van der Waals surface area contributed by atoms with Gasteiger partial charge in [-0.3, -0.25) is 9.48 Å². The Labute approximate surface area is 185 Å². The zero-order chi connectivity index (χ0) is 22.3. The smallest absolute Gasteiger partial charge is 0.304 e. The summed E-state index contributed by atoms with van der Waals surface area (Å²) in [6, 6.07) is 24.8. The van der Waals surface area contributed by atoms with Gasteiger partial charge in [-0.15, -0.1) is 0 Å². The molecule has 4 aromatic rings. The molecule has 3 aromatic carbocycles. The zero-order valence-electron chi connectivity index (χ0n) is 17.6. The van der Waals surface area contributed by atoms with Crippen molar-refractivity contribution in [3.63, 3.8) is 0 Å². The third kappa shape index (κ3) is 5.31. The minimum Gasteiger partial charge on any atom is -0.489 e. The standard InChI is InChI=1S/C25H23N3O4/c1-28-25(26-17-27-28)23(15-24(29)30)19-9-13-20(14-10-19)31-16-18-7-11-22(12-8-18)32-21-5-3-2-4-6-21/h2-14,17,23H,15-16H2,1H3,(H,29,30)/t23-/m0/s1. The van der Waals surface area contributed by atoms with Gasteiger partial charge >= 0.3 is 5.97 Å². The number of benzene rings is 3. The van der Waals surface area contributed by atoms with Crippen LogP contribution in [0.25, 0.3) is 0 Å². The molecule has 1 heterocycles. The van der Waals surface area contributed by atoms with Crippen LogP contribution >= 0.6 is 0 Å². The van der Waals surface area contributed by atoms with E-state index in [-0.39, 0.29) is 12.3 Å². The number of aromatic nitrogens is 3. The van der Waals surface area contributed by atoms with E-state index in [0.717, 1.165) is 22.6 Å². The molecule has 162 valence electrons. The van der Waals surface area contributed by atoms with Crippen molar-refractivity contribution in [2.24, 2.45) is 7.05 Å². The Hall–Kier alpha value is -4.13. The third-order valence-corrected chi connectivity index (χ3v) is 5.03. The molecule has 0 fully saturated rings. The molecule has 1 atom stereocenters. The molecular weight excluding hydrogens is 406 g/mol. The topological polar surface area (TPSA) is 86.5 Å². The Morgan fingerprint density at radius 1 is 0.938 bits per heavy atom. The monoisotopic (exact) mass is 429 g/mol. The maximum Gasteiger partial charge on any atom is 0.304 e. The molecule has 1 aromatic heterocycles. The number of hydrogen-bond donors (Lipinski definition) is 1. The van der Waals surface area contributed by atoms with E-state index in [2.05, 4.69) is 10.1 Å². The van der Waals surface area contributed by atoms with Crippen molar-refractivity contribution >= 4 is 5.97 Å². The molecule has 0 saturated heterocycles. The number of rotatable bonds is 9. The molecule has 7 heteroatoms. The maximum atomic E-state index is 11.4. The van der Waals surface area contributed by atoms with Crippen LogP contribution in [-0.2, 0) is 18.4 Å². The first kappa shape index (κ1) is 21.1. The molecule has 0 radical (unpaired) electrons. The van der Waals surface area contributed by atoms with E-state index in [0.29, 0.717) is 18.2 Å². The number of aliphatic carboxylic acids is 1. The van der Waals surface area contributed by atoms with E-state index in [1.54, 1.807) is 11.7 Å². The Kier molecular flexibility index (Phi) is 6.46. The van der Waals surface area contributed by atoms with Crippen LogP contribution in [0.5, 0.6) is 17.2 Å². The van der Waals surface area contributed by atoms with Gasteiger partial charge in [0.15, 0.2) is 0 Å². The highest BCUT2D eigenvalue weighted by atomic mass is 16.5. The van der Waals surface area contributed by atoms with Crippen molar-refractivity contribution in [2.75, 3.05) is 0 Å². The Bertz CT molecular complexity index is 1160. The average molecular weight is 429 g/mol. The van der Waals surface area contributed by atoms with Crippen LogP contribution in [0, 0.1) is 0 Å². The van der Waals surface area contributed by atoms with Crippen molar-refractivity contribution < 1.29 is 19.4 Å². The van der Waals surface area contributed by atoms with Crippen molar-refractivity contribution in [1.82, 2.24) is 14.8 Å². The van der Waals surface area contributed by atoms with Crippen LogP contribution in [0.3, 0.4) is 0 Å². The number of carboxylic acids is 1. The molecule has 0 spiro atoms. The normalized spacial score (nSPS) is 11.7. The molecule has 1 N–H and O–H groups in total. The van der Waals surface area contributed by atoms with Gasteiger partial charge in [-0.05, 0) is 47.5 Å². The zero-order valence-corrected chi connectivity index (χ0v) is 17.6. The van der Waals surface area contributed by atoms with Gasteiger partial charge in [0.2, 0.25) is 0 Å². The highest BCUT2D eigenvalue weighted by molar-refractivity contribution is 5.68. The van der Waals surface area contributed by atoms with Gasteiger partial charge in [0, 0.05) is 7.05 Å². The van der Waals surface area contributed by atoms with Gasteiger partial charge in [0.05, 0.1) is 12.3 Å². The Morgan fingerprint density at radius 3 is 2.22 bits per heavy atom. The summed E-state index contributed by atoms with van der Waals surface area (Å²) in [5.41, 5.74) is 1.86. The molecule has 0 saturated carbocycles. The van der Waals surface area contributed by atoms with Gasteiger partial charge in [0.1, 0.15) is 36.0 Å². The van der Waals surface area contributed by atoms with Gasteiger partial charge in [0.25, 0.3) is 0 Å². The van der Waals surface area contributed by atoms with Crippen molar-refractivity contribution in [2.45, 2.75) is 18.9 Å². The summed E-state index contributed by atoms with van der Waals surface area (Å²) in [5, 5.41) is 13.4. The van der Waals surface area contributed by atoms with E-state index >= 15 is 0 Å². The lowest BCUT2D eigenvalue weighted by Gasteiger charge is -2.15. The first-order valence-electron chi connectivity index (χ1n) is 10.2. The van der Waals surface area contributed by atoms with Crippen LogP contribution in [-0.4, -0.2) is 25.8 Å². The predicted molar refractivity (Wildman–Crippen MR) is 119 cm³/mol. The lowest BCUT2D eigenvalue weighted by Crippen LogP contribution is -2.13. The van der Waals surface area contributed by atoms with E-state index in [9.17, 15) is 9.90 Å². The minimum atomic E-state index is -0.891. The largest absolute Gasteiger partial charge is 0.489 e. The summed E-state index contributed by atoms with van der Waals surface area (Å²) in [6.45, 7) is 0.410. The second-order valence-corrected chi connectivity index (χ2v) is 7.31. The lowest BCUT2D eigenvalue weighted by molar-refractivity contribution is -0.137. The Morgan fingerprint density at radius 2 is 1.59 bits per heavy atom. The van der Waals surface area contributed by atoms with Gasteiger partial charge in [-0.1, -0.05) is 42.5 Å². The number of para-hydroxylation sites is 1. The summed E-state index contributed by atoms with van der Waals surface area (Å²) >= 11 is 0. The SMILES string of the molecule is Cn1ncnc1[C@@H](CC(=O)O)c1ccc(OCc2ccc(Oc3ccccc3)cc2)cc1.